The molecule has 0 unspecified atom stereocenters. The molecule has 4 heteroatoms. The summed E-state index contributed by atoms with van der Waals surface area (Å²) in [6.45, 7) is 4.96. The summed E-state index contributed by atoms with van der Waals surface area (Å²) in [5.41, 5.74) is 6.82. The fourth-order valence-corrected chi connectivity index (χ4v) is 3.39. The van der Waals surface area contributed by atoms with Gasteiger partial charge in [0.1, 0.15) is 5.75 Å². The number of nitrogens with zero attached hydrogens (tertiary/aromatic N) is 3. The zero-order chi connectivity index (χ0) is 16.7. The number of anilines is 1. The molecule has 0 saturated carbocycles. The fraction of sp³-hybridized carbons (Fsp3) is 0.150. The Kier molecular flexibility index (Phi) is 3.38. The van der Waals surface area contributed by atoms with Crippen LogP contribution in [-0.2, 0) is 6.54 Å². The van der Waals surface area contributed by atoms with Gasteiger partial charge in [0.25, 0.3) is 0 Å². The Morgan fingerprint density at radius 1 is 0.917 bits per heavy atom. The Balaban J connectivity index is 1.79. The van der Waals surface area contributed by atoms with E-state index in [0.29, 0.717) is 0 Å². The molecule has 0 spiro atoms. The van der Waals surface area contributed by atoms with Crippen LogP contribution in [-0.4, -0.2) is 15.9 Å². The van der Waals surface area contributed by atoms with E-state index in [1.54, 1.807) is 12.1 Å². The molecule has 24 heavy (non-hydrogen) atoms. The molecule has 0 amide bonds. The highest BCUT2D eigenvalue weighted by Gasteiger charge is 2.23. The zero-order valence-electron chi connectivity index (χ0n) is 13.8. The number of hydrogen-bond donors (Lipinski definition) is 1. The van der Waals surface area contributed by atoms with Crippen LogP contribution in [0.3, 0.4) is 0 Å². The van der Waals surface area contributed by atoms with Crippen molar-refractivity contribution in [1.29, 1.82) is 0 Å². The minimum atomic E-state index is 0.276. The summed E-state index contributed by atoms with van der Waals surface area (Å²) in [5, 5.41) is 16.4. The topological polar surface area (TPSA) is 40.8 Å². The molecule has 0 saturated heterocycles. The maximum Gasteiger partial charge on any atom is 0.117 e. The molecule has 0 atom stereocenters. The first-order valence-electron chi connectivity index (χ1n) is 8.02. The van der Waals surface area contributed by atoms with Gasteiger partial charge in [0.15, 0.2) is 0 Å². The van der Waals surface area contributed by atoms with E-state index in [1.165, 1.54) is 16.8 Å². The first-order valence-corrected chi connectivity index (χ1v) is 8.02. The van der Waals surface area contributed by atoms with Gasteiger partial charge in [-0.3, -0.25) is 5.01 Å². The van der Waals surface area contributed by atoms with Crippen LogP contribution in [0.25, 0.3) is 5.69 Å². The lowest BCUT2D eigenvalue weighted by atomic mass is 10.1. The van der Waals surface area contributed by atoms with Crippen LogP contribution in [0.4, 0.5) is 5.69 Å². The molecule has 1 N–H and O–H groups in total. The van der Waals surface area contributed by atoms with Gasteiger partial charge in [-0.05, 0) is 38.1 Å². The summed E-state index contributed by atoms with van der Waals surface area (Å²) < 4.78 is 2.19. The highest BCUT2D eigenvalue weighted by Crippen LogP contribution is 2.31. The Bertz CT molecular complexity index is 926. The van der Waals surface area contributed by atoms with E-state index in [1.807, 2.05) is 41.6 Å². The number of phenolic OH excluding ortho intramolecular Hbond substituents is 1. The molecule has 2 heterocycles. The van der Waals surface area contributed by atoms with Crippen molar-refractivity contribution in [2.45, 2.75) is 20.4 Å². The number of phenols is 1. The Hall–Kier alpha value is -3.01. The molecular formula is C20H19N3O. The molecule has 0 radical (unpaired) electrons. The Morgan fingerprint density at radius 3 is 2.42 bits per heavy atom. The molecule has 120 valence electrons. The minimum Gasteiger partial charge on any atom is -0.508 e. The highest BCUT2D eigenvalue weighted by molar-refractivity contribution is 5.87. The van der Waals surface area contributed by atoms with Crippen molar-refractivity contribution in [1.82, 2.24) is 4.57 Å². The summed E-state index contributed by atoms with van der Waals surface area (Å²) in [7, 11) is 0. The van der Waals surface area contributed by atoms with Crippen molar-refractivity contribution in [3.05, 3.63) is 77.1 Å². The molecule has 0 aliphatic carbocycles. The predicted octanol–water partition coefficient (Wildman–Crippen LogP) is 4.15. The number of para-hydroxylation sites is 1. The number of rotatable bonds is 2. The summed E-state index contributed by atoms with van der Waals surface area (Å²) >= 11 is 0. The van der Waals surface area contributed by atoms with Crippen LogP contribution >= 0.6 is 0 Å². The summed E-state index contributed by atoms with van der Waals surface area (Å²) in [6, 6.07) is 17.6. The summed E-state index contributed by atoms with van der Waals surface area (Å²) in [4.78, 5) is 0. The van der Waals surface area contributed by atoms with E-state index in [-0.39, 0.29) is 5.75 Å². The number of aromatic nitrogens is 1. The quantitative estimate of drug-likeness (QED) is 0.771. The lowest BCUT2D eigenvalue weighted by molar-refractivity contribution is 0.475. The maximum atomic E-state index is 9.80. The normalized spacial score (nSPS) is 13.2. The number of hydrazone groups is 1. The van der Waals surface area contributed by atoms with Gasteiger partial charge < -0.3 is 9.67 Å². The predicted molar refractivity (Wildman–Crippen MR) is 97.1 cm³/mol. The van der Waals surface area contributed by atoms with Crippen LogP contribution in [0.5, 0.6) is 5.75 Å². The molecule has 1 aliphatic heterocycles. The Morgan fingerprint density at radius 2 is 1.67 bits per heavy atom. The van der Waals surface area contributed by atoms with Crippen molar-refractivity contribution >= 4 is 11.9 Å². The van der Waals surface area contributed by atoms with Gasteiger partial charge in [0.2, 0.25) is 0 Å². The van der Waals surface area contributed by atoms with Crippen LogP contribution < -0.4 is 5.01 Å². The first-order chi connectivity index (χ1) is 11.6. The average molecular weight is 317 g/mol. The monoisotopic (exact) mass is 317 g/mol. The minimum absolute atomic E-state index is 0.276. The van der Waals surface area contributed by atoms with E-state index < -0.39 is 0 Å². The molecule has 0 bridgehead atoms. The van der Waals surface area contributed by atoms with E-state index in [4.69, 9.17) is 0 Å². The summed E-state index contributed by atoms with van der Waals surface area (Å²) in [6.07, 6.45) is 1.94. The van der Waals surface area contributed by atoms with Crippen molar-refractivity contribution in [3.63, 3.8) is 0 Å². The smallest absolute Gasteiger partial charge is 0.117 e. The van der Waals surface area contributed by atoms with Gasteiger partial charge in [-0.2, -0.15) is 5.10 Å². The third kappa shape index (κ3) is 2.27. The second kappa shape index (κ2) is 5.57. The summed E-state index contributed by atoms with van der Waals surface area (Å²) in [5.74, 6) is 0.276. The van der Waals surface area contributed by atoms with Crippen molar-refractivity contribution in [2.24, 2.45) is 5.10 Å². The van der Waals surface area contributed by atoms with Gasteiger partial charge in [-0.1, -0.05) is 24.3 Å². The van der Waals surface area contributed by atoms with Crippen LogP contribution in [0.2, 0.25) is 0 Å². The lowest BCUT2D eigenvalue weighted by Gasteiger charge is -2.23. The van der Waals surface area contributed by atoms with E-state index >= 15 is 0 Å². The van der Waals surface area contributed by atoms with Crippen LogP contribution in [0.15, 0.2) is 59.7 Å². The second-order valence-corrected chi connectivity index (χ2v) is 6.06. The third-order valence-corrected chi connectivity index (χ3v) is 4.60. The van der Waals surface area contributed by atoms with E-state index in [0.717, 1.165) is 23.6 Å². The molecule has 0 fully saturated rings. The van der Waals surface area contributed by atoms with Crippen molar-refractivity contribution in [3.8, 4) is 11.4 Å². The standard InChI is InChI=1S/C20H19N3O/c1-14-19-12-21-22(16-7-4-3-5-8-16)13-20(19)15(2)23(14)17-9-6-10-18(24)11-17/h3-12,24H,13H2,1-2H3. The zero-order valence-corrected chi connectivity index (χ0v) is 13.8. The van der Waals surface area contributed by atoms with E-state index in [2.05, 4.69) is 35.6 Å². The third-order valence-electron chi connectivity index (χ3n) is 4.60. The molecular weight excluding hydrogens is 298 g/mol. The highest BCUT2D eigenvalue weighted by atomic mass is 16.3. The maximum absolute atomic E-state index is 9.80. The van der Waals surface area contributed by atoms with Gasteiger partial charge in [-0.15, -0.1) is 0 Å². The number of fused-ring (bicyclic) bond motifs is 1. The van der Waals surface area contributed by atoms with Crippen LogP contribution in [0, 0.1) is 13.8 Å². The SMILES string of the molecule is Cc1c2c(c(C)n1-c1cccc(O)c1)CN(c1ccccc1)N=C2. The second-order valence-electron chi connectivity index (χ2n) is 6.06. The number of hydrogen-bond acceptors (Lipinski definition) is 3. The number of benzene rings is 2. The van der Waals surface area contributed by atoms with Crippen LogP contribution in [0.1, 0.15) is 22.5 Å². The number of aromatic hydroxyl groups is 1. The molecule has 1 aliphatic rings. The lowest BCUT2D eigenvalue weighted by Crippen LogP contribution is -2.20. The molecule has 2 aromatic carbocycles. The van der Waals surface area contributed by atoms with Crippen molar-refractivity contribution in [2.75, 3.05) is 5.01 Å². The molecule has 4 rings (SSSR count). The average Bonchev–Trinajstić information content (AvgIpc) is 2.86. The molecule has 1 aromatic heterocycles. The molecule has 3 aromatic rings. The van der Waals surface area contributed by atoms with Gasteiger partial charge in [0, 0.05) is 34.3 Å². The Labute approximate surface area is 141 Å². The van der Waals surface area contributed by atoms with Gasteiger partial charge in [0.05, 0.1) is 18.4 Å². The van der Waals surface area contributed by atoms with Gasteiger partial charge in [-0.25, -0.2) is 0 Å². The van der Waals surface area contributed by atoms with Gasteiger partial charge >= 0.3 is 0 Å². The fourth-order valence-electron chi connectivity index (χ4n) is 3.39. The molecule has 4 nitrogen and oxygen atoms in total. The first kappa shape index (κ1) is 14.6. The largest absolute Gasteiger partial charge is 0.508 e. The van der Waals surface area contributed by atoms with E-state index in [9.17, 15) is 5.11 Å². The van der Waals surface area contributed by atoms with Crippen molar-refractivity contribution < 1.29 is 5.11 Å².